The van der Waals surface area contributed by atoms with Crippen molar-refractivity contribution in [3.8, 4) is 0 Å². The molecule has 0 atom stereocenters. The Labute approximate surface area is 170 Å². The normalized spacial score (nSPS) is 18.8. The Kier molecular flexibility index (Phi) is 5.66. The summed E-state index contributed by atoms with van der Waals surface area (Å²) in [5.41, 5.74) is 0.415. The fourth-order valence-corrected chi connectivity index (χ4v) is 5.26. The first-order valence-corrected chi connectivity index (χ1v) is 11.1. The molecule has 0 saturated carbocycles. The fourth-order valence-electron chi connectivity index (χ4n) is 3.63. The number of aryl methyl sites for hydroxylation is 1. The van der Waals surface area contributed by atoms with Gasteiger partial charge in [0.25, 0.3) is 0 Å². The number of halogens is 1. The maximum absolute atomic E-state index is 13.3. The first-order valence-electron chi connectivity index (χ1n) is 9.62. The molecule has 0 aliphatic carbocycles. The van der Waals surface area contributed by atoms with Crippen molar-refractivity contribution in [2.24, 2.45) is 0 Å². The smallest absolute Gasteiger partial charge is 0.243 e. The number of aromatic nitrogens is 2. The largest absolute Gasteiger partial charge is 0.378 e. The van der Waals surface area contributed by atoms with Crippen molar-refractivity contribution >= 4 is 21.8 Å². The molecule has 3 heterocycles. The summed E-state index contributed by atoms with van der Waals surface area (Å²) in [4.78, 5) is 13.3. The van der Waals surface area contributed by atoms with Crippen molar-refractivity contribution in [2.45, 2.75) is 11.8 Å². The molecule has 1 aromatic heterocycles. The van der Waals surface area contributed by atoms with Crippen LogP contribution in [0.4, 0.5) is 16.2 Å². The molecule has 0 amide bonds. The average molecular weight is 421 g/mol. The number of benzene rings is 1. The van der Waals surface area contributed by atoms with Crippen LogP contribution >= 0.6 is 0 Å². The summed E-state index contributed by atoms with van der Waals surface area (Å²) in [6.07, 6.45) is 1.73. The van der Waals surface area contributed by atoms with Crippen LogP contribution in [0, 0.1) is 12.7 Å². The lowest BCUT2D eigenvalue weighted by molar-refractivity contribution is 0.122. The first-order chi connectivity index (χ1) is 13.9. The predicted molar refractivity (Wildman–Crippen MR) is 107 cm³/mol. The average Bonchev–Trinajstić information content (AvgIpc) is 2.74. The van der Waals surface area contributed by atoms with Crippen LogP contribution in [0.3, 0.4) is 0 Å². The highest BCUT2D eigenvalue weighted by Crippen LogP contribution is 2.24. The lowest BCUT2D eigenvalue weighted by Gasteiger charge is -2.35. The second-order valence-electron chi connectivity index (χ2n) is 7.12. The van der Waals surface area contributed by atoms with Gasteiger partial charge in [-0.1, -0.05) is 0 Å². The SMILES string of the molecule is Cc1cc(F)ccc1S(=O)(=O)N1CCN(c2ccnc(N3CCOCC3)n2)CC1. The van der Waals surface area contributed by atoms with E-state index in [0.29, 0.717) is 50.9 Å². The van der Waals surface area contributed by atoms with Gasteiger partial charge in [-0.05, 0) is 36.8 Å². The third-order valence-corrected chi connectivity index (χ3v) is 7.30. The number of hydrogen-bond donors (Lipinski definition) is 0. The van der Waals surface area contributed by atoms with Crippen LogP contribution in [0.1, 0.15) is 5.56 Å². The van der Waals surface area contributed by atoms with Crippen LogP contribution in [0.25, 0.3) is 0 Å². The molecule has 0 radical (unpaired) electrons. The van der Waals surface area contributed by atoms with Gasteiger partial charge in [-0.25, -0.2) is 17.8 Å². The number of rotatable bonds is 4. The van der Waals surface area contributed by atoms with E-state index in [-0.39, 0.29) is 4.90 Å². The molecule has 156 valence electrons. The number of piperazine rings is 1. The Bertz CT molecular complexity index is 974. The molecular formula is C19H24FN5O3S. The molecule has 0 N–H and O–H groups in total. The summed E-state index contributed by atoms with van der Waals surface area (Å²) < 4.78 is 46.1. The van der Waals surface area contributed by atoms with Crippen LogP contribution in [0.5, 0.6) is 0 Å². The van der Waals surface area contributed by atoms with Gasteiger partial charge in [0.05, 0.1) is 18.1 Å². The van der Waals surface area contributed by atoms with E-state index in [1.807, 2.05) is 6.07 Å². The van der Waals surface area contributed by atoms with Gasteiger partial charge < -0.3 is 14.5 Å². The Morgan fingerprint density at radius 3 is 2.41 bits per heavy atom. The van der Waals surface area contributed by atoms with Crippen LogP contribution in [0.15, 0.2) is 35.4 Å². The van der Waals surface area contributed by atoms with Gasteiger partial charge in [0.15, 0.2) is 0 Å². The molecule has 4 rings (SSSR count). The Hall–Kier alpha value is -2.30. The molecular weight excluding hydrogens is 397 g/mol. The number of morpholine rings is 1. The zero-order valence-electron chi connectivity index (χ0n) is 16.3. The fraction of sp³-hybridized carbons (Fsp3) is 0.474. The van der Waals surface area contributed by atoms with Gasteiger partial charge in [0, 0.05) is 45.5 Å². The van der Waals surface area contributed by atoms with Gasteiger partial charge in [-0.15, -0.1) is 0 Å². The number of hydrogen-bond acceptors (Lipinski definition) is 7. The topological polar surface area (TPSA) is 78.9 Å². The first kappa shape index (κ1) is 20.0. The standard InChI is InChI=1S/C19H24FN5O3S/c1-15-14-16(20)2-3-17(15)29(26,27)25-8-6-23(7-9-25)18-4-5-21-19(22-18)24-10-12-28-13-11-24/h2-5,14H,6-13H2,1H3. The Balaban J connectivity index is 1.45. The van der Waals surface area contributed by atoms with Crippen LogP contribution in [-0.4, -0.2) is 75.2 Å². The van der Waals surface area contributed by atoms with E-state index in [4.69, 9.17) is 4.74 Å². The molecule has 2 aliphatic rings. The van der Waals surface area contributed by atoms with Crippen LogP contribution in [0.2, 0.25) is 0 Å². The van der Waals surface area contributed by atoms with E-state index in [9.17, 15) is 12.8 Å². The molecule has 2 aromatic rings. The predicted octanol–water partition coefficient (Wildman–Crippen LogP) is 1.27. The van der Waals surface area contributed by atoms with E-state index in [1.165, 1.54) is 22.5 Å². The van der Waals surface area contributed by atoms with Gasteiger partial charge in [-0.3, -0.25) is 0 Å². The van der Waals surface area contributed by atoms with E-state index >= 15 is 0 Å². The molecule has 1 aromatic carbocycles. The third kappa shape index (κ3) is 4.19. The summed E-state index contributed by atoms with van der Waals surface area (Å²) >= 11 is 0. The van der Waals surface area contributed by atoms with Gasteiger partial charge >= 0.3 is 0 Å². The van der Waals surface area contributed by atoms with Crippen molar-refractivity contribution in [3.05, 3.63) is 41.8 Å². The van der Waals surface area contributed by atoms with E-state index in [1.54, 1.807) is 13.1 Å². The monoisotopic (exact) mass is 421 g/mol. The van der Waals surface area contributed by atoms with Gasteiger partial charge in [0.2, 0.25) is 16.0 Å². The van der Waals surface area contributed by atoms with Gasteiger partial charge in [-0.2, -0.15) is 9.29 Å². The number of anilines is 2. The molecule has 0 unspecified atom stereocenters. The summed E-state index contributed by atoms with van der Waals surface area (Å²) in [6, 6.07) is 5.62. The quantitative estimate of drug-likeness (QED) is 0.736. The highest BCUT2D eigenvalue weighted by atomic mass is 32.2. The van der Waals surface area contributed by atoms with Crippen molar-refractivity contribution in [3.63, 3.8) is 0 Å². The molecule has 2 fully saturated rings. The van der Waals surface area contributed by atoms with E-state index < -0.39 is 15.8 Å². The molecule has 29 heavy (non-hydrogen) atoms. The van der Waals surface area contributed by atoms with Crippen molar-refractivity contribution in [1.82, 2.24) is 14.3 Å². The molecule has 0 bridgehead atoms. The lowest BCUT2D eigenvalue weighted by atomic mass is 10.2. The minimum absolute atomic E-state index is 0.156. The third-order valence-electron chi connectivity index (χ3n) is 5.24. The van der Waals surface area contributed by atoms with Crippen LogP contribution < -0.4 is 9.80 Å². The Morgan fingerprint density at radius 2 is 1.72 bits per heavy atom. The molecule has 0 spiro atoms. The summed E-state index contributed by atoms with van der Waals surface area (Å²) in [6.45, 7) is 6.18. The molecule has 2 saturated heterocycles. The lowest BCUT2D eigenvalue weighted by Crippen LogP contribution is -2.49. The van der Waals surface area contributed by atoms with E-state index in [0.717, 1.165) is 18.9 Å². The molecule has 2 aliphatic heterocycles. The van der Waals surface area contributed by atoms with Crippen LogP contribution in [-0.2, 0) is 14.8 Å². The summed E-state index contributed by atoms with van der Waals surface area (Å²) in [7, 11) is -3.66. The summed E-state index contributed by atoms with van der Waals surface area (Å²) in [5.74, 6) is 1.02. The number of ether oxygens (including phenoxy) is 1. The molecule has 10 heteroatoms. The molecule has 8 nitrogen and oxygen atoms in total. The number of sulfonamides is 1. The maximum atomic E-state index is 13.3. The minimum Gasteiger partial charge on any atom is -0.378 e. The maximum Gasteiger partial charge on any atom is 0.243 e. The highest BCUT2D eigenvalue weighted by molar-refractivity contribution is 7.89. The summed E-state index contributed by atoms with van der Waals surface area (Å²) in [5, 5.41) is 0. The van der Waals surface area contributed by atoms with Crippen molar-refractivity contribution in [1.29, 1.82) is 0 Å². The van der Waals surface area contributed by atoms with Gasteiger partial charge in [0.1, 0.15) is 11.6 Å². The highest BCUT2D eigenvalue weighted by Gasteiger charge is 2.30. The number of nitrogens with zero attached hydrogens (tertiary/aromatic N) is 5. The zero-order chi connectivity index (χ0) is 20.4. The van der Waals surface area contributed by atoms with E-state index in [2.05, 4.69) is 19.8 Å². The van der Waals surface area contributed by atoms with Crippen molar-refractivity contribution in [2.75, 3.05) is 62.3 Å². The second-order valence-corrected chi connectivity index (χ2v) is 9.02. The van der Waals surface area contributed by atoms with Crippen molar-refractivity contribution < 1.29 is 17.5 Å². The Morgan fingerprint density at radius 1 is 1.00 bits per heavy atom. The zero-order valence-corrected chi connectivity index (χ0v) is 17.1. The second kappa shape index (κ2) is 8.21. The minimum atomic E-state index is -3.66.